The lowest BCUT2D eigenvalue weighted by molar-refractivity contribution is 0.0548. The van der Waals surface area contributed by atoms with Crippen molar-refractivity contribution >= 4 is 29.9 Å². The molecule has 0 radical (unpaired) electrons. The van der Waals surface area contributed by atoms with E-state index in [1.807, 2.05) is 37.3 Å². The minimum absolute atomic E-state index is 0. The van der Waals surface area contributed by atoms with E-state index >= 15 is 0 Å². The van der Waals surface area contributed by atoms with Crippen molar-refractivity contribution in [1.29, 1.82) is 0 Å². The molecule has 0 aliphatic carbocycles. The molecule has 1 aromatic rings. The first-order valence-electron chi connectivity index (χ1n) is 8.97. The normalized spacial score (nSPS) is 13.8. The zero-order chi connectivity index (χ0) is 18.5. The van der Waals surface area contributed by atoms with Crippen LogP contribution in [0.3, 0.4) is 0 Å². The van der Waals surface area contributed by atoms with Crippen molar-refractivity contribution in [3.05, 3.63) is 35.9 Å². The number of aliphatic hydroxyl groups is 1. The third-order valence-corrected chi connectivity index (χ3v) is 4.03. The summed E-state index contributed by atoms with van der Waals surface area (Å²) in [7, 11) is 5.88. The van der Waals surface area contributed by atoms with Gasteiger partial charge in [0, 0.05) is 39.2 Å². The van der Waals surface area contributed by atoms with Crippen LogP contribution in [0, 0.1) is 0 Å². The van der Waals surface area contributed by atoms with Gasteiger partial charge in [-0.15, -0.1) is 24.0 Å². The Morgan fingerprint density at radius 2 is 1.85 bits per heavy atom. The van der Waals surface area contributed by atoms with E-state index < -0.39 is 0 Å². The van der Waals surface area contributed by atoms with Crippen molar-refractivity contribution in [1.82, 2.24) is 15.5 Å². The molecule has 1 aromatic carbocycles. The van der Waals surface area contributed by atoms with E-state index in [1.165, 1.54) is 0 Å². The topological polar surface area (TPSA) is 69.1 Å². The summed E-state index contributed by atoms with van der Waals surface area (Å²) < 4.78 is 5.79. The third-order valence-electron chi connectivity index (χ3n) is 4.03. The lowest BCUT2D eigenvalue weighted by atomic mass is 10.0. The lowest BCUT2D eigenvalue weighted by Crippen LogP contribution is -2.44. The Kier molecular flexibility index (Phi) is 14.7. The summed E-state index contributed by atoms with van der Waals surface area (Å²) >= 11 is 0. The van der Waals surface area contributed by atoms with Gasteiger partial charge in [0.25, 0.3) is 0 Å². The summed E-state index contributed by atoms with van der Waals surface area (Å²) in [4.78, 5) is 6.42. The zero-order valence-electron chi connectivity index (χ0n) is 16.4. The molecule has 0 saturated heterocycles. The van der Waals surface area contributed by atoms with Crippen LogP contribution >= 0.6 is 24.0 Å². The largest absolute Gasteiger partial charge is 0.396 e. The molecule has 0 aliphatic heterocycles. The average molecular weight is 478 g/mol. The molecule has 7 heteroatoms. The number of halogens is 1. The van der Waals surface area contributed by atoms with Crippen LogP contribution in [0.1, 0.15) is 24.8 Å². The van der Waals surface area contributed by atoms with E-state index in [-0.39, 0.29) is 42.6 Å². The predicted octanol–water partition coefficient (Wildman–Crippen LogP) is 1.90. The summed E-state index contributed by atoms with van der Waals surface area (Å²) in [5.41, 5.74) is 1.12. The second-order valence-corrected chi connectivity index (χ2v) is 6.29. The van der Waals surface area contributed by atoms with Crippen molar-refractivity contribution in [2.24, 2.45) is 4.99 Å². The van der Waals surface area contributed by atoms with Gasteiger partial charge in [-0.25, -0.2) is 0 Å². The highest BCUT2D eigenvalue weighted by molar-refractivity contribution is 14.0. The molecule has 0 bridgehead atoms. The van der Waals surface area contributed by atoms with Gasteiger partial charge < -0.3 is 25.4 Å². The maximum Gasteiger partial charge on any atom is 0.191 e. The monoisotopic (exact) mass is 478 g/mol. The first-order chi connectivity index (χ1) is 12.1. The van der Waals surface area contributed by atoms with E-state index in [0.29, 0.717) is 19.7 Å². The van der Waals surface area contributed by atoms with E-state index in [2.05, 4.69) is 34.6 Å². The van der Waals surface area contributed by atoms with Gasteiger partial charge in [0.15, 0.2) is 5.96 Å². The number of aliphatic imine (C=N–C) groups is 1. The Morgan fingerprint density at radius 3 is 2.38 bits per heavy atom. The summed E-state index contributed by atoms with van der Waals surface area (Å²) in [5.74, 6) is 0.764. The second-order valence-electron chi connectivity index (χ2n) is 6.29. The molecule has 0 amide bonds. The van der Waals surface area contributed by atoms with Crippen molar-refractivity contribution < 1.29 is 9.84 Å². The van der Waals surface area contributed by atoms with Gasteiger partial charge >= 0.3 is 0 Å². The van der Waals surface area contributed by atoms with Gasteiger partial charge in [-0.1, -0.05) is 30.3 Å². The van der Waals surface area contributed by atoms with Crippen LogP contribution in [0.25, 0.3) is 0 Å². The molecule has 0 spiro atoms. The minimum atomic E-state index is 0. The summed E-state index contributed by atoms with van der Waals surface area (Å²) in [6.07, 6.45) is 1.11. The SMILES string of the molecule is CCOC(CCN(C)C)CNC(=NC)NCC(CO)c1ccccc1.I. The fourth-order valence-corrected chi connectivity index (χ4v) is 2.55. The smallest absolute Gasteiger partial charge is 0.191 e. The second kappa shape index (κ2) is 15.2. The molecule has 0 saturated carbocycles. The van der Waals surface area contributed by atoms with Crippen molar-refractivity contribution in [2.45, 2.75) is 25.4 Å². The number of hydrogen-bond donors (Lipinski definition) is 3. The fourth-order valence-electron chi connectivity index (χ4n) is 2.55. The summed E-state index contributed by atoms with van der Waals surface area (Å²) in [5, 5.41) is 16.3. The maximum absolute atomic E-state index is 9.65. The van der Waals surface area contributed by atoms with E-state index in [9.17, 15) is 5.11 Å². The number of aliphatic hydroxyl groups excluding tert-OH is 1. The van der Waals surface area contributed by atoms with Crippen LogP contribution in [-0.2, 0) is 4.74 Å². The predicted molar refractivity (Wildman–Crippen MR) is 120 cm³/mol. The molecule has 2 unspecified atom stereocenters. The molecular weight excluding hydrogens is 443 g/mol. The van der Waals surface area contributed by atoms with E-state index in [0.717, 1.165) is 24.5 Å². The highest BCUT2D eigenvalue weighted by atomic mass is 127. The fraction of sp³-hybridized carbons (Fsp3) is 0.632. The van der Waals surface area contributed by atoms with Gasteiger partial charge in [0.2, 0.25) is 0 Å². The summed E-state index contributed by atoms with van der Waals surface area (Å²) in [6.45, 7) is 5.12. The average Bonchev–Trinajstić information content (AvgIpc) is 2.63. The van der Waals surface area contributed by atoms with Crippen LogP contribution in [0.15, 0.2) is 35.3 Å². The molecular formula is C19H35IN4O2. The van der Waals surface area contributed by atoms with Gasteiger partial charge in [-0.3, -0.25) is 4.99 Å². The number of benzene rings is 1. The first-order valence-corrected chi connectivity index (χ1v) is 8.97. The quantitative estimate of drug-likeness (QED) is 0.258. The van der Waals surface area contributed by atoms with Crippen molar-refractivity contribution in [2.75, 3.05) is 54.0 Å². The first kappa shape index (κ1) is 25.1. The minimum Gasteiger partial charge on any atom is -0.396 e. The zero-order valence-corrected chi connectivity index (χ0v) is 18.8. The molecule has 0 aromatic heterocycles. The molecule has 26 heavy (non-hydrogen) atoms. The summed E-state index contributed by atoms with van der Waals surface area (Å²) in [6, 6.07) is 10.0. The molecule has 0 heterocycles. The van der Waals surface area contributed by atoms with Gasteiger partial charge in [0.05, 0.1) is 12.7 Å². The van der Waals surface area contributed by atoms with Gasteiger partial charge in [0.1, 0.15) is 0 Å². The Labute approximate surface area is 175 Å². The molecule has 2 atom stereocenters. The number of guanidine groups is 1. The molecule has 0 fully saturated rings. The Bertz CT molecular complexity index is 486. The van der Waals surface area contributed by atoms with Crippen LogP contribution in [-0.4, -0.2) is 76.1 Å². The van der Waals surface area contributed by atoms with Crippen LogP contribution in [0.2, 0.25) is 0 Å². The number of ether oxygens (including phenoxy) is 1. The number of nitrogens with zero attached hydrogens (tertiary/aromatic N) is 2. The van der Waals surface area contributed by atoms with Gasteiger partial charge in [-0.05, 0) is 33.0 Å². The number of rotatable bonds is 11. The van der Waals surface area contributed by atoms with Crippen LogP contribution in [0.5, 0.6) is 0 Å². The molecule has 0 aliphatic rings. The van der Waals surface area contributed by atoms with Gasteiger partial charge in [-0.2, -0.15) is 0 Å². The lowest BCUT2D eigenvalue weighted by Gasteiger charge is -2.22. The van der Waals surface area contributed by atoms with E-state index in [1.54, 1.807) is 7.05 Å². The third kappa shape index (κ3) is 10.3. The van der Waals surface area contributed by atoms with Crippen LogP contribution < -0.4 is 10.6 Å². The highest BCUT2D eigenvalue weighted by Gasteiger charge is 2.13. The van der Waals surface area contributed by atoms with Crippen molar-refractivity contribution in [3.8, 4) is 0 Å². The molecule has 3 N–H and O–H groups in total. The molecule has 6 nitrogen and oxygen atoms in total. The number of nitrogens with one attached hydrogen (secondary N) is 2. The van der Waals surface area contributed by atoms with Crippen molar-refractivity contribution in [3.63, 3.8) is 0 Å². The highest BCUT2D eigenvalue weighted by Crippen LogP contribution is 2.13. The maximum atomic E-state index is 9.65. The number of hydrogen-bond acceptors (Lipinski definition) is 4. The molecule has 150 valence electrons. The molecule has 1 rings (SSSR count). The Morgan fingerprint density at radius 1 is 1.19 bits per heavy atom. The Balaban J connectivity index is 0.00000625. The standard InChI is InChI=1S/C19H34N4O2.HI/c1-5-25-18(11-12-23(3)4)14-22-19(20-2)21-13-17(15-24)16-9-7-6-8-10-16;/h6-10,17-18,24H,5,11-15H2,1-4H3,(H2,20,21,22);1H. The van der Waals surface area contributed by atoms with E-state index in [4.69, 9.17) is 4.74 Å². The van der Waals surface area contributed by atoms with Crippen LogP contribution in [0.4, 0.5) is 0 Å². The Hall–Kier alpha value is -0.900.